The van der Waals surface area contributed by atoms with E-state index in [1.54, 1.807) is 44.2 Å². The van der Waals surface area contributed by atoms with E-state index in [1.807, 2.05) is 0 Å². The third-order valence-electron chi connectivity index (χ3n) is 3.97. The number of carbonyl (C=O) groups is 2. The highest BCUT2D eigenvalue weighted by atomic mass is 16.6. The van der Waals surface area contributed by atoms with Crippen LogP contribution in [0, 0.1) is 0 Å². The van der Waals surface area contributed by atoms with Gasteiger partial charge in [-0.2, -0.15) is 0 Å². The van der Waals surface area contributed by atoms with Gasteiger partial charge in [0.1, 0.15) is 11.5 Å². The molecule has 0 saturated carbocycles. The summed E-state index contributed by atoms with van der Waals surface area (Å²) in [5.41, 5.74) is 0.581. The summed E-state index contributed by atoms with van der Waals surface area (Å²) in [4.78, 5) is 25.5. The summed E-state index contributed by atoms with van der Waals surface area (Å²) >= 11 is 0. The highest BCUT2D eigenvalue weighted by Gasteiger charge is 2.24. The van der Waals surface area contributed by atoms with Crippen LogP contribution in [0.4, 0.5) is 15.3 Å². The third kappa shape index (κ3) is 5.44. The molecule has 25 heavy (non-hydrogen) atoms. The molecule has 1 saturated heterocycles. The number of benzene rings is 1. The predicted molar refractivity (Wildman–Crippen MR) is 93.3 cm³/mol. The molecule has 138 valence electrons. The molecule has 0 unspecified atom stereocenters. The first-order chi connectivity index (χ1) is 12.0. The van der Waals surface area contributed by atoms with E-state index in [-0.39, 0.29) is 18.2 Å². The molecule has 0 spiro atoms. The highest BCUT2D eigenvalue weighted by molar-refractivity contribution is 5.90. The topological polar surface area (TPSA) is 89.1 Å². The van der Waals surface area contributed by atoms with Crippen molar-refractivity contribution in [3.05, 3.63) is 18.2 Å². The number of hydrogen-bond acceptors (Lipinski definition) is 5. The van der Waals surface area contributed by atoms with Crippen molar-refractivity contribution in [1.82, 2.24) is 10.2 Å². The zero-order valence-electron chi connectivity index (χ0n) is 14.8. The minimum atomic E-state index is -0.301. The van der Waals surface area contributed by atoms with E-state index in [1.165, 1.54) is 0 Å². The number of methoxy groups -OCH3 is 2. The molecular weight excluding hydrogens is 326 g/mol. The van der Waals surface area contributed by atoms with Crippen LogP contribution in [-0.2, 0) is 4.74 Å². The third-order valence-corrected chi connectivity index (χ3v) is 3.97. The normalized spacial score (nSPS) is 14.6. The van der Waals surface area contributed by atoms with E-state index in [9.17, 15) is 9.59 Å². The lowest BCUT2D eigenvalue weighted by molar-refractivity contribution is 0.0959. The number of amides is 3. The second-order valence-electron chi connectivity index (χ2n) is 5.66. The summed E-state index contributed by atoms with van der Waals surface area (Å²) in [6.07, 6.45) is 1.08. The van der Waals surface area contributed by atoms with Gasteiger partial charge in [-0.15, -0.1) is 0 Å². The fourth-order valence-electron chi connectivity index (χ4n) is 2.65. The Morgan fingerprint density at radius 1 is 1.12 bits per heavy atom. The van der Waals surface area contributed by atoms with E-state index < -0.39 is 0 Å². The summed E-state index contributed by atoms with van der Waals surface area (Å²) in [5, 5.41) is 5.70. The summed E-state index contributed by atoms with van der Waals surface area (Å²) in [6.45, 7) is 3.28. The fraction of sp³-hybridized carbons (Fsp3) is 0.529. The van der Waals surface area contributed by atoms with Crippen molar-refractivity contribution in [2.24, 2.45) is 0 Å². The van der Waals surface area contributed by atoms with Gasteiger partial charge in [-0.3, -0.25) is 0 Å². The summed E-state index contributed by atoms with van der Waals surface area (Å²) in [5.74, 6) is 1.19. The molecule has 3 amide bonds. The van der Waals surface area contributed by atoms with Crippen molar-refractivity contribution in [2.45, 2.75) is 25.8 Å². The van der Waals surface area contributed by atoms with Crippen LogP contribution in [0.1, 0.15) is 19.8 Å². The summed E-state index contributed by atoms with van der Waals surface area (Å²) < 4.78 is 15.3. The van der Waals surface area contributed by atoms with Gasteiger partial charge in [-0.05, 0) is 19.8 Å². The Morgan fingerprint density at radius 2 is 1.72 bits per heavy atom. The molecule has 2 N–H and O–H groups in total. The Labute approximate surface area is 147 Å². The van der Waals surface area contributed by atoms with Crippen molar-refractivity contribution in [2.75, 3.05) is 39.2 Å². The molecule has 1 fully saturated rings. The molecule has 0 aromatic heterocycles. The van der Waals surface area contributed by atoms with Gasteiger partial charge in [0, 0.05) is 43.0 Å². The first kappa shape index (κ1) is 18.7. The minimum Gasteiger partial charge on any atom is -0.497 e. The molecule has 0 atom stereocenters. The number of piperidine rings is 1. The first-order valence-corrected chi connectivity index (χ1v) is 8.28. The second-order valence-corrected chi connectivity index (χ2v) is 5.66. The predicted octanol–water partition coefficient (Wildman–Crippen LogP) is 2.45. The number of hydrogen-bond donors (Lipinski definition) is 2. The van der Waals surface area contributed by atoms with E-state index in [0.717, 1.165) is 0 Å². The number of likely N-dealkylation sites (tertiary alicyclic amines) is 1. The molecule has 1 aliphatic rings. The van der Waals surface area contributed by atoms with Gasteiger partial charge in [0.15, 0.2) is 0 Å². The van der Waals surface area contributed by atoms with Crippen molar-refractivity contribution < 1.29 is 23.8 Å². The van der Waals surface area contributed by atoms with Crippen LogP contribution in [0.25, 0.3) is 0 Å². The van der Waals surface area contributed by atoms with Gasteiger partial charge in [0.2, 0.25) is 0 Å². The number of nitrogens with zero attached hydrogens (tertiary/aromatic N) is 1. The maximum atomic E-state index is 12.2. The van der Waals surface area contributed by atoms with Gasteiger partial charge < -0.3 is 29.7 Å². The molecule has 1 aromatic carbocycles. The molecule has 0 bridgehead atoms. The van der Waals surface area contributed by atoms with Crippen molar-refractivity contribution in [3.8, 4) is 11.5 Å². The zero-order valence-corrected chi connectivity index (χ0v) is 14.8. The number of nitrogens with one attached hydrogen (secondary N) is 2. The van der Waals surface area contributed by atoms with Crippen LogP contribution >= 0.6 is 0 Å². The van der Waals surface area contributed by atoms with E-state index in [2.05, 4.69) is 10.6 Å². The van der Waals surface area contributed by atoms with Gasteiger partial charge >= 0.3 is 12.1 Å². The fourth-order valence-corrected chi connectivity index (χ4v) is 2.65. The molecule has 0 aliphatic carbocycles. The average Bonchev–Trinajstić information content (AvgIpc) is 2.62. The van der Waals surface area contributed by atoms with Crippen molar-refractivity contribution in [3.63, 3.8) is 0 Å². The van der Waals surface area contributed by atoms with Crippen LogP contribution in [0.15, 0.2) is 18.2 Å². The molecule has 0 radical (unpaired) electrons. The quantitative estimate of drug-likeness (QED) is 0.850. The Kier molecular flexibility index (Phi) is 6.73. The summed E-state index contributed by atoms with van der Waals surface area (Å²) in [6, 6.07) is 4.87. The Bertz CT molecular complexity index is 578. The zero-order chi connectivity index (χ0) is 18.2. The van der Waals surface area contributed by atoms with Crippen LogP contribution in [0.5, 0.6) is 11.5 Å². The highest BCUT2D eigenvalue weighted by Crippen LogP contribution is 2.25. The molecule has 1 aromatic rings. The van der Waals surface area contributed by atoms with Gasteiger partial charge in [0.25, 0.3) is 0 Å². The lowest BCUT2D eigenvalue weighted by atomic mass is 10.1. The first-order valence-electron chi connectivity index (χ1n) is 8.28. The molecule has 8 nitrogen and oxygen atoms in total. The maximum Gasteiger partial charge on any atom is 0.409 e. The molecular formula is C17H25N3O5. The van der Waals surface area contributed by atoms with E-state index >= 15 is 0 Å². The van der Waals surface area contributed by atoms with E-state index in [0.29, 0.717) is 49.7 Å². The van der Waals surface area contributed by atoms with Crippen LogP contribution in [0.3, 0.4) is 0 Å². The van der Waals surface area contributed by atoms with Crippen molar-refractivity contribution >= 4 is 17.8 Å². The van der Waals surface area contributed by atoms with Crippen molar-refractivity contribution in [1.29, 1.82) is 0 Å². The molecule has 1 heterocycles. The second kappa shape index (κ2) is 9.00. The Morgan fingerprint density at radius 3 is 2.24 bits per heavy atom. The smallest absolute Gasteiger partial charge is 0.409 e. The van der Waals surface area contributed by atoms with Gasteiger partial charge in [-0.25, -0.2) is 9.59 Å². The number of anilines is 1. The molecule has 1 aliphatic heterocycles. The van der Waals surface area contributed by atoms with E-state index in [4.69, 9.17) is 14.2 Å². The van der Waals surface area contributed by atoms with Gasteiger partial charge in [-0.1, -0.05) is 0 Å². The Balaban J connectivity index is 1.84. The number of ether oxygens (including phenoxy) is 3. The number of urea groups is 1. The minimum absolute atomic E-state index is 0.0122. The monoisotopic (exact) mass is 351 g/mol. The number of carbonyl (C=O) groups excluding carboxylic acids is 2. The van der Waals surface area contributed by atoms with Crippen LogP contribution in [-0.4, -0.2) is 57.0 Å². The lowest BCUT2D eigenvalue weighted by Gasteiger charge is -2.31. The largest absolute Gasteiger partial charge is 0.497 e. The standard InChI is InChI=1S/C17H25N3O5/c1-4-25-17(22)20-7-5-12(6-8-20)18-16(21)19-13-9-14(23-2)11-15(10-13)24-3/h9-12H,4-8H2,1-3H3,(H2,18,19,21). The van der Waals surface area contributed by atoms with Crippen LogP contribution < -0.4 is 20.1 Å². The lowest BCUT2D eigenvalue weighted by Crippen LogP contribution is -2.47. The molecule has 2 rings (SSSR count). The maximum absolute atomic E-state index is 12.2. The summed E-state index contributed by atoms with van der Waals surface area (Å²) in [7, 11) is 3.10. The SMILES string of the molecule is CCOC(=O)N1CCC(NC(=O)Nc2cc(OC)cc(OC)c2)CC1. The number of rotatable bonds is 5. The Hall–Kier alpha value is -2.64. The average molecular weight is 351 g/mol. The van der Waals surface area contributed by atoms with Crippen LogP contribution in [0.2, 0.25) is 0 Å². The molecule has 8 heteroatoms. The van der Waals surface area contributed by atoms with Gasteiger partial charge in [0.05, 0.1) is 20.8 Å².